The van der Waals surface area contributed by atoms with Gasteiger partial charge in [-0.25, -0.2) is 9.78 Å². The number of aromatic amines is 1. The topological polar surface area (TPSA) is 75.2 Å². The number of nitrogens with one attached hydrogen (secondary N) is 1. The number of hydrogen-bond acceptors (Lipinski definition) is 3. The predicted molar refractivity (Wildman–Crippen MR) is 49.6 cm³/mol. The standard InChI is InChI=1S/C9H8N2O3/c1-14-5-2-6(9(12)13)8-7(3-5)10-4-11-8/h2-4H,1H3,(H,10,11)(H,12,13). The fourth-order valence-corrected chi connectivity index (χ4v) is 1.30. The van der Waals surface area contributed by atoms with Crippen LogP contribution in [0.4, 0.5) is 0 Å². The number of carboxylic acid groups (broad SMARTS) is 1. The van der Waals surface area contributed by atoms with Crippen molar-refractivity contribution in [3.05, 3.63) is 24.0 Å². The largest absolute Gasteiger partial charge is 0.497 e. The Balaban J connectivity index is 2.76. The van der Waals surface area contributed by atoms with E-state index >= 15 is 0 Å². The summed E-state index contributed by atoms with van der Waals surface area (Å²) >= 11 is 0. The second kappa shape index (κ2) is 3.02. The van der Waals surface area contributed by atoms with Crippen LogP contribution in [-0.2, 0) is 0 Å². The Kier molecular flexibility index (Phi) is 1.85. The zero-order chi connectivity index (χ0) is 10.1. The smallest absolute Gasteiger partial charge is 0.338 e. The van der Waals surface area contributed by atoms with Crippen molar-refractivity contribution >= 4 is 17.0 Å². The van der Waals surface area contributed by atoms with Gasteiger partial charge < -0.3 is 14.8 Å². The number of aromatic carboxylic acids is 1. The number of methoxy groups -OCH3 is 1. The minimum Gasteiger partial charge on any atom is -0.497 e. The molecule has 1 aromatic heterocycles. The first-order valence-corrected chi connectivity index (χ1v) is 3.97. The number of fused-ring (bicyclic) bond motifs is 1. The number of aromatic nitrogens is 2. The van der Waals surface area contributed by atoms with Crippen molar-refractivity contribution in [3.63, 3.8) is 0 Å². The van der Waals surface area contributed by atoms with Crippen molar-refractivity contribution in [1.29, 1.82) is 0 Å². The summed E-state index contributed by atoms with van der Waals surface area (Å²) in [6, 6.07) is 3.15. The summed E-state index contributed by atoms with van der Waals surface area (Å²) in [7, 11) is 1.49. The summed E-state index contributed by atoms with van der Waals surface area (Å²) in [6.07, 6.45) is 1.45. The molecule has 0 radical (unpaired) electrons. The summed E-state index contributed by atoms with van der Waals surface area (Å²) in [5.74, 6) is -0.514. The first-order chi connectivity index (χ1) is 6.72. The fraction of sp³-hybridized carbons (Fsp3) is 0.111. The highest BCUT2D eigenvalue weighted by molar-refractivity contribution is 6.01. The highest BCUT2D eigenvalue weighted by Crippen LogP contribution is 2.22. The Morgan fingerprint density at radius 3 is 3.00 bits per heavy atom. The van der Waals surface area contributed by atoms with Crippen LogP contribution in [-0.4, -0.2) is 28.2 Å². The van der Waals surface area contributed by atoms with E-state index in [-0.39, 0.29) is 5.56 Å². The molecule has 5 heteroatoms. The molecule has 2 rings (SSSR count). The molecule has 0 aliphatic rings. The van der Waals surface area contributed by atoms with Crippen molar-refractivity contribution < 1.29 is 14.6 Å². The summed E-state index contributed by atoms with van der Waals surface area (Å²) in [5.41, 5.74) is 1.24. The number of carbonyl (C=O) groups is 1. The van der Waals surface area contributed by atoms with E-state index < -0.39 is 5.97 Å². The minimum absolute atomic E-state index is 0.139. The molecule has 14 heavy (non-hydrogen) atoms. The van der Waals surface area contributed by atoms with Crippen LogP contribution < -0.4 is 4.74 Å². The van der Waals surface area contributed by atoms with Gasteiger partial charge in [-0.05, 0) is 6.07 Å². The second-order valence-electron chi connectivity index (χ2n) is 2.78. The highest BCUT2D eigenvalue weighted by Gasteiger charge is 2.12. The molecule has 1 aromatic carbocycles. The van der Waals surface area contributed by atoms with E-state index in [1.54, 1.807) is 6.07 Å². The van der Waals surface area contributed by atoms with Gasteiger partial charge in [-0.1, -0.05) is 0 Å². The Hall–Kier alpha value is -2.04. The average Bonchev–Trinajstić information content (AvgIpc) is 2.63. The quantitative estimate of drug-likeness (QED) is 0.751. The highest BCUT2D eigenvalue weighted by atomic mass is 16.5. The summed E-state index contributed by atoms with van der Waals surface area (Å²) in [6.45, 7) is 0. The molecule has 2 aromatic rings. The van der Waals surface area contributed by atoms with Gasteiger partial charge in [0.15, 0.2) is 0 Å². The van der Waals surface area contributed by atoms with E-state index in [9.17, 15) is 4.79 Å². The van der Waals surface area contributed by atoms with Crippen molar-refractivity contribution in [2.45, 2.75) is 0 Å². The van der Waals surface area contributed by atoms with Crippen LogP contribution in [0.15, 0.2) is 18.5 Å². The lowest BCUT2D eigenvalue weighted by molar-refractivity contribution is 0.0698. The molecule has 0 aliphatic carbocycles. The molecular formula is C9H8N2O3. The maximum Gasteiger partial charge on any atom is 0.338 e. The maximum atomic E-state index is 10.9. The third-order valence-corrected chi connectivity index (χ3v) is 1.96. The Bertz CT molecular complexity index is 490. The van der Waals surface area contributed by atoms with Crippen LogP contribution in [0, 0.1) is 0 Å². The molecule has 5 nitrogen and oxygen atoms in total. The second-order valence-corrected chi connectivity index (χ2v) is 2.78. The van der Waals surface area contributed by atoms with Gasteiger partial charge in [0.2, 0.25) is 0 Å². The van der Waals surface area contributed by atoms with E-state index in [0.29, 0.717) is 16.8 Å². The van der Waals surface area contributed by atoms with Crippen molar-refractivity contribution in [3.8, 4) is 5.75 Å². The Morgan fingerprint density at radius 2 is 2.36 bits per heavy atom. The molecule has 2 N–H and O–H groups in total. The predicted octanol–water partition coefficient (Wildman–Crippen LogP) is 1.27. The summed E-state index contributed by atoms with van der Waals surface area (Å²) in [5, 5.41) is 8.91. The zero-order valence-corrected chi connectivity index (χ0v) is 7.44. The molecule has 0 saturated heterocycles. The van der Waals surface area contributed by atoms with Gasteiger partial charge in [0, 0.05) is 6.07 Å². The molecule has 0 bridgehead atoms. The SMILES string of the molecule is COc1cc(C(=O)O)c2nc[nH]c2c1. The number of benzene rings is 1. The van der Waals surface area contributed by atoms with Crippen LogP contribution >= 0.6 is 0 Å². The van der Waals surface area contributed by atoms with Gasteiger partial charge in [0.25, 0.3) is 0 Å². The number of nitrogens with zero attached hydrogens (tertiary/aromatic N) is 1. The van der Waals surface area contributed by atoms with Crippen molar-refractivity contribution in [2.24, 2.45) is 0 Å². The molecule has 1 heterocycles. The molecule has 0 amide bonds. The summed E-state index contributed by atoms with van der Waals surface area (Å²) in [4.78, 5) is 17.6. The number of ether oxygens (including phenoxy) is 1. The van der Waals surface area contributed by atoms with E-state index in [2.05, 4.69) is 9.97 Å². The normalized spacial score (nSPS) is 10.4. The van der Waals surface area contributed by atoms with E-state index in [1.165, 1.54) is 19.5 Å². The number of rotatable bonds is 2. The molecule has 0 unspecified atom stereocenters. The number of carboxylic acids is 1. The molecule has 0 saturated carbocycles. The van der Waals surface area contributed by atoms with Gasteiger partial charge >= 0.3 is 5.97 Å². The molecule has 0 aliphatic heterocycles. The minimum atomic E-state index is -1.01. The lowest BCUT2D eigenvalue weighted by atomic mass is 10.2. The maximum absolute atomic E-state index is 10.9. The molecule has 0 fully saturated rings. The summed E-state index contributed by atoms with van der Waals surface area (Å²) < 4.78 is 4.97. The lowest BCUT2D eigenvalue weighted by Crippen LogP contribution is -1.98. The van der Waals surface area contributed by atoms with Gasteiger partial charge in [-0.15, -0.1) is 0 Å². The van der Waals surface area contributed by atoms with Gasteiger partial charge in [-0.2, -0.15) is 0 Å². The van der Waals surface area contributed by atoms with Crippen LogP contribution in [0.25, 0.3) is 11.0 Å². The number of imidazole rings is 1. The van der Waals surface area contributed by atoms with Crippen LogP contribution in [0.2, 0.25) is 0 Å². The zero-order valence-electron chi connectivity index (χ0n) is 7.44. The number of H-pyrrole nitrogens is 1. The van der Waals surface area contributed by atoms with Crippen molar-refractivity contribution in [1.82, 2.24) is 9.97 Å². The van der Waals surface area contributed by atoms with E-state index in [1.807, 2.05) is 0 Å². The number of hydrogen-bond donors (Lipinski definition) is 2. The molecule has 0 spiro atoms. The Labute approximate surface area is 79.3 Å². The van der Waals surface area contributed by atoms with Crippen molar-refractivity contribution in [2.75, 3.05) is 7.11 Å². The van der Waals surface area contributed by atoms with Gasteiger partial charge in [0.05, 0.1) is 24.5 Å². The van der Waals surface area contributed by atoms with E-state index in [4.69, 9.17) is 9.84 Å². The first kappa shape index (κ1) is 8.55. The van der Waals surface area contributed by atoms with Crippen LogP contribution in [0.3, 0.4) is 0 Å². The third kappa shape index (κ3) is 1.19. The van der Waals surface area contributed by atoms with Gasteiger partial charge in [-0.3, -0.25) is 0 Å². The van der Waals surface area contributed by atoms with Crippen LogP contribution in [0.1, 0.15) is 10.4 Å². The fourth-order valence-electron chi connectivity index (χ4n) is 1.30. The lowest BCUT2D eigenvalue weighted by Gasteiger charge is -2.01. The third-order valence-electron chi connectivity index (χ3n) is 1.96. The van der Waals surface area contributed by atoms with E-state index in [0.717, 1.165) is 0 Å². The van der Waals surface area contributed by atoms with Gasteiger partial charge in [0.1, 0.15) is 11.3 Å². The molecule has 0 atom stereocenters. The first-order valence-electron chi connectivity index (χ1n) is 3.97. The van der Waals surface area contributed by atoms with Crippen LogP contribution in [0.5, 0.6) is 5.75 Å². The molecule has 72 valence electrons. The molecular weight excluding hydrogens is 184 g/mol. The average molecular weight is 192 g/mol. The Morgan fingerprint density at radius 1 is 1.57 bits per heavy atom. The monoisotopic (exact) mass is 192 g/mol.